The van der Waals surface area contributed by atoms with Crippen molar-refractivity contribution in [1.82, 2.24) is 15.4 Å². The fraction of sp³-hybridized carbons (Fsp3) is 0.467. The van der Waals surface area contributed by atoms with Crippen molar-refractivity contribution in [1.29, 1.82) is 0 Å². The fourth-order valence-corrected chi connectivity index (χ4v) is 3.73. The largest absolute Gasteiger partial charge is 0.224 e. The lowest BCUT2D eigenvalue weighted by Gasteiger charge is -2.14. The molecule has 6 heteroatoms. The lowest BCUT2D eigenvalue weighted by molar-refractivity contribution is 0.594. The zero-order chi connectivity index (χ0) is 15.3. The third-order valence-electron chi connectivity index (χ3n) is 3.60. The standard InChI is InChI=1S/C15H21N3O2S/c1-3-9-21(19,20)15-7-5-13(6-8-15)12(4-2)10-14-11-16-18-17-14/h5-8,11-12H,3-4,9-10H2,1-2H3,(H,16,17,18). The quantitative estimate of drug-likeness (QED) is 0.853. The van der Waals surface area contributed by atoms with Gasteiger partial charge in [0.2, 0.25) is 0 Å². The van der Waals surface area contributed by atoms with E-state index in [9.17, 15) is 8.42 Å². The molecule has 5 nitrogen and oxygen atoms in total. The Kier molecular flexibility index (Phi) is 5.12. The minimum Gasteiger partial charge on any atom is -0.224 e. The van der Waals surface area contributed by atoms with Crippen molar-refractivity contribution in [3.63, 3.8) is 0 Å². The molecule has 0 saturated carbocycles. The molecule has 0 saturated heterocycles. The summed E-state index contributed by atoms with van der Waals surface area (Å²) < 4.78 is 24.0. The number of rotatable bonds is 7. The van der Waals surface area contributed by atoms with Crippen molar-refractivity contribution in [3.05, 3.63) is 41.7 Å². The maximum absolute atomic E-state index is 12.0. The highest BCUT2D eigenvalue weighted by molar-refractivity contribution is 7.91. The van der Waals surface area contributed by atoms with Gasteiger partial charge in [-0.05, 0) is 42.9 Å². The molecule has 0 aliphatic heterocycles. The molecular weight excluding hydrogens is 286 g/mol. The van der Waals surface area contributed by atoms with Crippen LogP contribution in [0.15, 0.2) is 35.4 Å². The molecule has 0 aliphatic carbocycles. The number of nitrogens with one attached hydrogen (secondary N) is 1. The van der Waals surface area contributed by atoms with E-state index < -0.39 is 9.84 Å². The van der Waals surface area contributed by atoms with Gasteiger partial charge < -0.3 is 0 Å². The first-order chi connectivity index (χ1) is 10.1. The van der Waals surface area contributed by atoms with Crippen LogP contribution < -0.4 is 0 Å². The Balaban J connectivity index is 2.17. The van der Waals surface area contributed by atoms with Gasteiger partial charge in [0.1, 0.15) is 0 Å². The van der Waals surface area contributed by atoms with Crippen LogP contribution in [0.3, 0.4) is 0 Å². The number of hydrogen-bond donors (Lipinski definition) is 1. The van der Waals surface area contributed by atoms with Crippen LogP contribution in [0.25, 0.3) is 0 Å². The van der Waals surface area contributed by atoms with E-state index in [0.29, 0.717) is 17.2 Å². The molecule has 0 amide bonds. The number of aromatic nitrogens is 3. The van der Waals surface area contributed by atoms with Crippen molar-refractivity contribution < 1.29 is 8.42 Å². The van der Waals surface area contributed by atoms with Crippen LogP contribution in [-0.2, 0) is 16.3 Å². The average molecular weight is 307 g/mol. The van der Waals surface area contributed by atoms with Crippen LogP contribution in [0.2, 0.25) is 0 Å². The highest BCUT2D eigenvalue weighted by Gasteiger charge is 2.16. The third kappa shape index (κ3) is 3.91. The van der Waals surface area contributed by atoms with E-state index in [1.165, 1.54) is 0 Å². The number of aromatic amines is 1. The van der Waals surface area contributed by atoms with Gasteiger partial charge >= 0.3 is 0 Å². The molecule has 0 bridgehead atoms. The lowest BCUT2D eigenvalue weighted by Crippen LogP contribution is -2.07. The van der Waals surface area contributed by atoms with Crippen molar-refractivity contribution in [2.45, 2.75) is 43.9 Å². The van der Waals surface area contributed by atoms with Crippen LogP contribution in [0.1, 0.15) is 43.9 Å². The van der Waals surface area contributed by atoms with Gasteiger partial charge in [-0.2, -0.15) is 15.4 Å². The van der Waals surface area contributed by atoms with E-state index in [1.54, 1.807) is 18.3 Å². The molecule has 1 aromatic heterocycles. The van der Waals surface area contributed by atoms with Crippen molar-refractivity contribution in [3.8, 4) is 0 Å². The summed E-state index contributed by atoms with van der Waals surface area (Å²) in [7, 11) is -3.14. The maximum Gasteiger partial charge on any atom is 0.178 e. The summed E-state index contributed by atoms with van der Waals surface area (Å²) in [4.78, 5) is 0.407. The van der Waals surface area contributed by atoms with Crippen LogP contribution in [-0.4, -0.2) is 29.6 Å². The molecule has 0 spiro atoms. The number of H-pyrrole nitrogens is 1. The monoisotopic (exact) mass is 307 g/mol. The van der Waals surface area contributed by atoms with Crippen molar-refractivity contribution >= 4 is 9.84 Å². The Bertz CT molecular complexity index is 649. The Morgan fingerprint density at radius 2 is 1.90 bits per heavy atom. The van der Waals surface area contributed by atoms with Crippen molar-refractivity contribution in [2.75, 3.05) is 5.75 Å². The molecule has 1 atom stereocenters. The second-order valence-electron chi connectivity index (χ2n) is 5.16. The predicted octanol–water partition coefficient (Wildman–Crippen LogP) is 2.72. The molecule has 2 rings (SSSR count). The zero-order valence-corrected chi connectivity index (χ0v) is 13.2. The minimum atomic E-state index is -3.14. The van der Waals surface area contributed by atoms with E-state index in [0.717, 1.165) is 24.1 Å². The summed E-state index contributed by atoms with van der Waals surface area (Å²) in [6.07, 6.45) is 4.12. The first-order valence-electron chi connectivity index (χ1n) is 7.24. The second kappa shape index (κ2) is 6.85. The summed E-state index contributed by atoms with van der Waals surface area (Å²) in [5, 5.41) is 10.5. The number of benzene rings is 1. The van der Waals surface area contributed by atoms with E-state index in [-0.39, 0.29) is 5.75 Å². The fourth-order valence-electron chi connectivity index (χ4n) is 2.41. The smallest absolute Gasteiger partial charge is 0.178 e. The van der Waals surface area contributed by atoms with E-state index in [1.807, 2.05) is 19.1 Å². The number of hydrogen-bond acceptors (Lipinski definition) is 4. The molecule has 114 valence electrons. The lowest BCUT2D eigenvalue weighted by atomic mass is 9.92. The van der Waals surface area contributed by atoms with Gasteiger partial charge in [-0.3, -0.25) is 0 Å². The molecule has 0 fully saturated rings. The molecule has 1 aromatic carbocycles. The van der Waals surface area contributed by atoms with Gasteiger partial charge in [0.25, 0.3) is 0 Å². The Morgan fingerprint density at radius 1 is 1.19 bits per heavy atom. The predicted molar refractivity (Wildman–Crippen MR) is 81.9 cm³/mol. The number of sulfone groups is 1. The highest BCUT2D eigenvalue weighted by atomic mass is 32.2. The summed E-state index contributed by atoms with van der Waals surface area (Å²) >= 11 is 0. The normalized spacial score (nSPS) is 13.2. The summed E-state index contributed by atoms with van der Waals surface area (Å²) in [6, 6.07) is 7.26. The van der Waals surface area contributed by atoms with Gasteiger partial charge in [-0.15, -0.1) is 0 Å². The Labute approximate surface area is 125 Å². The van der Waals surface area contributed by atoms with Gasteiger partial charge in [-0.25, -0.2) is 8.42 Å². The van der Waals surface area contributed by atoms with Gasteiger partial charge in [-0.1, -0.05) is 26.0 Å². The van der Waals surface area contributed by atoms with Crippen LogP contribution in [0.5, 0.6) is 0 Å². The van der Waals surface area contributed by atoms with Crippen LogP contribution in [0.4, 0.5) is 0 Å². The number of nitrogens with zero attached hydrogens (tertiary/aromatic N) is 2. The molecule has 1 N–H and O–H groups in total. The Morgan fingerprint density at radius 3 is 2.43 bits per heavy atom. The Hall–Kier alpha value is -1.69. The maximum atomic E-state index is 12.0. The van der Waals surface area contributed by atoms with Gasteiger partial charge in [0, 0.05) is 0 Å². The van der Waals surface area contributed by atoms with Gasteiger partial charge in [0.15, 0.2) is 9.84 Å². The molecule has 21 heavy (non-hydrogen) atoms. The van der Waals surface area contributed by atoms with Crippen LogP contribution in [0, 0.1) is 0 Å². The summed E-state index contributed by atoms with van der Waals surface area (Å²) in [5.74, 6) is 0.515. The zero-order valence-electron chi connectivity index (χ0n) is 12.4. The first kappa shape index (κ1) is 15.7. The first-order valence-corrected chi connectivity index (χ1v) is 8.89. The van der Waals surface area contributed by atoms with E-state index in [4.69, 9.17) is 0 Å². The molecular formula is C15H21N3O2S. The van der Waals surface area contributed by atoms with E-state index in [2.05, 4.69) is 22.3 Å². The molecule has 1 unspecified atom stereocenters. The average Bonchev–Trinajstić information content (AvgIpc) is 2.98. The third-order valence-corrected chi connectivity index (χ3v) is 5.53. The molecule has 0 radical (unpaired) electrons. The molecule has 2 aromatic rings. The highest BCUT2D eigenvalue weighted by Crippen LogP contribution is 2.25. The van der Waals surface area contributed by atoms with Crippen molar-refractivity contribution in [2.24, 2.45) is 0 Å². The van der Waals surface area contributed by atoms with Crippen LogP contribution >= 0.6 is 0 Å². The van der Waals surface area contributed by atoms with E-state index >= 15 is 0 Å². The second-order valence-corrected chi connectivity index (χ2v) is 7.27. The summed E-state index contributed by atoms with van der Waals surface area (Å²) in [6.45, 7) is 3.99. The van der Waals surface area contributed by atoms with Gasteiger partial charge in [0.05, 0.1) is 22.5 Å². The minimum absolute atomic E-state index is 0.197. The molecule has 1 heterocycles. The topological polar surface area (TPSA) is 75.7 Å². The SMILES string of the molecule is CCCS(=O)(=O)c1ccc(C(CC)Cc2cn[nH]n2)cc1. The summed E-state index contributed by atoms with van der Waals surface area (Å²) in [5.41, 5.74) is 2.06. The molecule has 0 aliphatic rings.